The lowest BCUT2D eigenvalue weighted by Gasteiger charge is -2.06. The summed E-state index contributed by atoms with van der Waals surface area (Å²) >= 11 is 4.78. The number of ether oxygens (including phenoxy) is 1. The van der Waals surface area contributed by atoms with E-state index in [0.717, 1.165) is 33.2 Å². The zero-order chi connectivity index (χ0) is 20.8. The number of hydrogen-bond donors (Lipinski definition) is 0. The molecule has 0 unspecified atom stereocenters. The van der Waals surface area contributed by atoms with Gasteiger partial charge < -0.3 is 9.30 Å². The van der Waals surface area contributed by atoms with Crippen LogP contribution in [0.15, 0.2) is 52.4 Å². The molecule has 0 spiro atoms. The molecule has 0 radical (unpaired) electrons. The van der Waals surface area contributed by atoms with Gasteiger partial charge in [-0.2, -0.15) is 16.8 Å². The highest BCUT2D eigenvalue weighted by atomic mass is 32.2. The molecule has 152 valence electrons. The van der Waals surface area contributed by atoms with Crippen molar-refractivity contribution in [2.75, 3.05) is 24.9 Å². The van der Waals surface area contributed by atoms with Crippen molar-refractivity contribution in [3.63, 3.8) is 0 Å². The highest BCUT2D eigenvalue weighted by Gasteiger charge is 2.14. The molecule has 0 atom stereocenters. The molecule has 1 aromatic heterocycles. The van der Waals surface area contributed by atoms with Gasteiger partial charge in [0.05, 0.1) is 28.5 Å². The van der Waals surface area contributed by atoms with Gasteiger partial charge in [-0.05, 0) is 42.3 Å². The van der Waals surface area contributed by atoms with Gasteiger partial charge >= 0.3 is 5.97 Å². The van der Waals surface area contributed by atoms with Crippen LogP contribution in [-0.2, 0) is 11.3 Å². The summed E-state index contributed by atoms with van der Waals surface area (Å²) in [7, 11) is 1.37. The van der Waals surface area contributed by atoms with Gasteiger partial charge in [0.1, 0.15) is 0 Å². The van der Waals surface area contributed by atoms with E-state index in [-0.39, 0.29) is 11.9 Å². The van der Waals surface area contributed by atoms with Crippen molar-refractivity contribution in [1.29, 1.82) is 0 Å². The number of fused-ring (bicyclic) bond motifs is 1. The predicted molar refractivity (Wildman–Crippen MR) is 122 cm³/mol. The zero-order valence-corrected chi connectivity index (χ0v) is 19.0. The SMILES string of the molecule is CCSc1ccccc1C(=O)N=c1sc2cc(C(=O)OC)ccc2n1CCSC. The van der Waals surface area contributed by atoms with Crippen LogP contribution < -0.4 is 4.80 Å². The number of aryl methyl sites for hydroxylation is 1. The Morgan fingerprint density at radius 2 is 2.00 bits per heavy atom. The van der Waals surface area contributed by atoms with Gasteiger partial charge in [0.25, 0.3) is 5.91 Å². The van der Waals surface area contributed by atoms with E-state index >= 15 is 0 Å². The summed E-state index contributed by atoms with van der Waals surface area (Å²) in [6, 6.07) is 13.0. The van der Waals surface area contributed by atoms with Crippen LogP contribution in [0.1, 0.15) is 27.6 Å². The number of benzene rings is 2. The molecule has 3 aromatic rings. The van der Waals surface area contributed by atoms with Crippen molar-refractivity contribution in [1.82, 2.24) is 4.57 Å². The third-order valence-corrected chi connectivity index (χ3v) is 6.83. The fourth-order valence-electron chi connectivity index (χ4n) is 2.87. The zero-order valence-electron chi connectivity index (χ0n) is 16.5. The minimum Gasteiger partial charge on any atom is -0.465 e. The van der Waals surface area contributed by atoms with Crippen LogP contribution in [-0.4, -0.2) is 41.3 Å². The summed E-state index contributed by atoms with van der Waals surface area (Å²) in [5.41, 5.74) is 2.06. The van der Waals surface area contributed by atoms with E-state index in [0.29, 0.717) is 15.9 Å². The Labute approximate surface area is 182 Å². The predicted octanol–water partition coefficient (Wildman–Crippen LogP) is 4.71. The van der Waals surface area contributed by atoms with E-state index in [4.69, 9.17) is 4.74 Å². The van der Waals surface area contributed by atoms with Crippen molar-refractivity contribution in [3.05, 3.63) is 58.4 Å². The Balaban J connectivity index is 2.11. The number of thioether (sulfide) groups is 2. The third kappa shape index (κ3) is 4.94. The minimum absolute atomic E-state index is 0.251. The molecular formula is C21H22N2O3S3. The molecule has 2 aromatic carbocycles. The van der Waals surface area contributed by atoms with E-state index in [2.05, 4.69) is 11.9 Å². The number of aromatic nitrogens is 1. The molecule has 0 saturated carbocycles. The van der Waals surface area contributed by atoms with Crippen molar-refractivity contribution in [2.45, 2.75) is 18.4 Å². The molecule has 3 rings (SSSR count). The average molecular weight is 447 g/mol. The molecule has 1 amide bonds. The lowest BCUT2D eigenvalue weighted by molar-refractivity contribution is 0.0601. The quantitative estimate of drug-likeness (QED) is 0.389. The Kier molecular flexibility index (Phi) is 7.57. The summed E-state index contributed by atoms with van der Waals surface area (Å²) in [6.07, 6.45) is 2.05. The highest BCUT2D eigenvalue weighted by Crippen LogP contribution is 2.24. The molecule has 0 fully saturated rings. The maximum atomic E-state index is 13.0. The van der Waals surface area contributed by atoms with Crippen LogP contribution >= 0.6 is 34.9 Å². The first-order valence-electron chi connectivity index (χ1n) is 9.10. The maximum absolute atomic E-state index is 13.0. The van der Waals surface area contributed by atoms with Crippen molar-refractivity contribution in [3.8, 4) is 0 Å². The van der Waals surface area contributed by atoms with Gasteiger partial charge in [0.2, 0.25) is 0 Å². The fourth-order valence-corrected chi connectivity index (χ4v) is 5.13. The average Bonchev–Trinajstić information content (AvgIpc) is 3.08. The van der Waals surface area contributed by atoms with Crippen molar-refractivity contribution < 1.29 is 14.3 Å². The van der Waals surface area contributed by atoms with Crippen molar-refractivity contribution in [2.24, 2.45) is 4.99 Å². The molecule has 0 aliphatic rings. The molecule has 0 aliphatic heterocycles. The maximum Gasteiger partial charge on any atom is 0.337 e. The number of carbonyl (C=O) groups is 2. The Bertz CT molecular complexity index is 1100. The smallest absolute Gasteiger partial charge is 0.337 e. The van der Waals surface area contributed by atoms with E-state index in [1.54, 1.807) is 35.7 Å². The summed E-state index contributed by atoms with van der Waals surface area (Å²) in [5.74, 6) is 1.15. The number of nitrogens with zero attached hydrogens (tertiary/aromatic N) is 2. The van der Waals surface area contributed by atoms with Gasteiger partial charge in [0.15, 0.2) is 4.80 Å². The third-order valence-electron chi connectivity index (χ3n) is 4.24. The van der Waals surface area contributed by atoms with E-state index in [1.165, 1.54) is 18.4 Å². The first kappa shape index (κ1) is 21.7. The first-order chi connectivity index (χ1) is 14.1. The number of esters is 1. The van der Waals surface area contributed by atoms with E-state index in [1.807, 2.05) is 41.2 Å². The minimum atomic E-state index is -0.379. The molecule has 29 heavy (non-hydrogen) atoms. The molecule has 0 aliphatic carbocycles. The number of thiazole rings is 1. The van der Waals surface area contributed by atoms with Crippen LogP contribution in [0.2, 0.25) is 0 Å². The molecule has 5 nitrogen and oxygen atoms in total. The van der Waals surface area contributed by atoms with Crippen LogP contribution in [0.4, 0.5) is 0 Å². The number of amides is 1. The topological polar surface area (TPSA) is 60.7 Å². The van der Waals surface area contributed by atoms with Gasteiger partial charge in [-0.25, -0.2) is 4.79 Å². The van der Waals surface area contributed by atoms with Crippen LogP contribution in [0.5, 0.6) is 0 Å². The second-order valence-electron chi connectivity index (χ2n) is 6.05. The number of methoxy groups -OCH3 is 1. The van der Waals surface area contributed by atoms with E-state index in [9.17, 15) is 9.59 Å². The molecule has 1 heterocycles. The second kappa shape index (κ2) is 10.1. The lowest BCUT2D eigenvalue weighted by atomic mass is 10.2. The number of rotatable bonds is 7. The highest BCUT2D eigenvalue weighted by molar-refractivity contribution is 7.99. The molecule has 0 bridgehead atoms. The molecule has 0 saturated heterocycles. The van der Waals surface area contributed by atoms with Crippen LogP contribution in [0.25, 0.3) is 10.2 Å². The van der Waals surface area contributed by atoms with Gasteiger partial charge in [-0.3, -0.25) is 4.79 Å². The van der Waals surface area contributed by atoms with Crippen molar-refractivity contribution >= 4 is 57.0 Å². The summed E-state index contributed by atoms with van der Waals surface area (Å²) < 4.78 is 7.77. The van der Waals surface area contributed by atoms with Crippen LogP contribution in [0.3, 0.4) is 0 Å². The standard InChI is InChI=1S/C21H22N2O3S3/c1-4-28-17-8-6-5-7-15(17)19(24)22-21-23(11-12-27-3)16-10-9-14(20(25)26-2)13-18(16)29-21/h5-10,13H,4,11-12H2,1-3H3. The second-order valence-corrected chi connectivity index (χ2v) is 9.35. The largest absolute Gasteiger partial charge is 0.465 e. The molecule has 8 heteroatoms. The van der Waals surface area contributed by atoms with E-state index < -0.39 is 0 Å². The first-order valence-corrected chi connectivity index (χ1v) is 12.3. The van der Waals surface area contributed by atoms with Crippen LogP contribution in [0, 0.1) is 0 Å². The van der Waals surface area contributed by atoms with Gasteiger partial charge in [-0.15, -0.1) is 11.8 Å². The Morgan fingerprint density at radius 1 is 1.21 bits per heavy atom. The fraction of sp³-hybridized carbons (Fsp3) is 0.286. The van der Waals surface area contributed by atoms with Gasteiger partial charge in [-0.1, -0.05) is 30.4 Å². The molecular weight excluding hydrogens is 424 g/mol. The summed E-state index contributed by atoms with van der Waals surface area (Å²) in [4.78, 5) is 30.9. The Hall–Kier alpha value is -2.03. The number of hydrogen-bond acceptors (Lipinski definition) is 6. The van der Waals surface area contributed by atoms with Gasteiger partial charge in [0, 0.05) is 17.2 Å². The molecule has 0 N–H and O–H groups in total. The summed E-state index contributed by atoms with van der Waals surface area (Å²) in [5, 5.41) is 0. The summed E-state index contributed by atoms with van der Waals surface area (Å²) in [6.45, 7) is 2.79. The lowest BCUT2D eigenvalue weighted by Crippen LogP contribution is -2.18. The number of carbonyl (C=O) groups excluding carboxylic acids is 2. The Morgan fingerprint density at radius 3 is 2.72 bits per heavy atom. The monoisotopic (exact) mass is 446 g/mol. The normalized spacial score (nSPS) is 11.8.